The van der Waals surface area contributed by atoms with Gasteiger partial charge < -0.3 is 15.2 Å². The molecule has 6 aromatic rings. The molecular formula is C41H41FN8O4. The standard InChI is InChI=1S/C41H41FN8O4/c1-47-18-5-19-48(21-20-47)25-26-10-12-27(13-11-26)28-6-4-7-32(22-28)49-37-33(23-29(42)24-43-37)40(53)50(41(49)54)31-16-14-30(15-17-31)44-38(51)36-39(52)46-35-9-3-2-8-34(35)45-36/h2-4,6-13,22-24,30-31H,5,14-21,25H2,1H3,(H,44,51)(H,46,52)/t30-,31+. The van der Waals surface area contributed by atoms with E-state index in [1.54, 1.807) is 30.3 Å². The van der Waals surface area contributed by atoms with Gasteiger partial charge in [-0.05, 0) is 99.3 Å². The summed E-state index contributed by atoms with van der Waals surface area (Å²) in [6, 6.07) is 23.2. The average molecular weight is 729 g/mol. The predicted molar refractivity (Wildman–Crippen MR) is 206 cm³/mol. The molecule has 3 aromatic heterocycles. The lowest BCUT2D eigenvalue weighted by molar-refractivity contribution is 0.0915. The Labute approximate surface area is 309 Å². The van der Waals surface area contributed by atoms with Crippen LogP contribution in [-0.4, -0.2) is 79.1 Å². The van der Waals surface area contributed by atoms with E-state index < -0.39 is 34.6 Å². The molecule has 1 saturated carbocycles. The highest BCUT2D eigenvalue weighted by molar-refractivity contribution is 5.93. The predicted octanol–water partition coefficient (Wildman–Crippen LogP) is 4.64. The van der Waals surface area contributed by atoms with E-state index in [2.05, 4.69) is 61.4 Å². The van der Waals surface area contributed by atoms with Gasteiger partial charge in [0.25, 0.3) is 17.0 Å². The third kappa shape index (κ3) is 7.12. The van der Waals surface area contributed by atoms with Crippen LogP contribution < -0.4 is 22.1 Å². The summed E-state index contributed by atoms with van der Waals surface area (Å²) in [5, 5.41) is 2.91. The average Bonchev–Trinajstić information content (AvgIpc) is 3.39. The third-order valence-corrected chi connectivity index (χ3v) is 10.7. The van der Waals surface area contributed by atoms with Crippen LogP contribution in [0.4, 0.5) is 4.39 Å². The van der Waals surface area contributed by atoms with E-state index in [1.807, 2.05) is 18.2 Å². The Balaban J connectivity index is 1.05. The summed E-state index contributed by atoms with van der Waals surface area (Å²) < 4.78 is 17.2. The van der Waals surface area contributed by atoms with Crippen molar-refractivity contribution in [2.24, 2.45) is 0 Å². The molecular weight excluding hydrogens is 688 g/mol. The number of hydrogen-bond acceptors (Lipinski definition) is 8. The van der Waals surface area contributed by atoms with Crippen molar-refractivity contribution >= 4 is 28.0 Å². The number of nitrogens with zero attached hydrogens (tertiary/aromatic N) is 6. The van der Waals surface area contributed by atoms with E-state index in [-0.39, 0.29) is 22.8 Å². The van der Waals surface area contributed by atoms with Crippen molar-refractivity contribution in [2.45, 2.75) is 50.7 Å². The summed E-state index contributed by atoms with van der Waals surface area (Å²) in [5.74, 6) is -1.27. The number of rotatable bonds is 7. The molecule has 13 heteroatoms. The zero-order valence-corrected chi connectivity index (χ0v) is 30.0. The maximum absolute atomic E-state index is 14.6. The summed E-state index contributed by atoms with van der Waals surface area (Å²) in [6.45, 7) is 5.16. The minimum absolute atomic E-state index is 0.00101. The molecule has 8 rings (SSSR count). The van der Waals surface area contributed by atoms with Gasteiger partial charge in [-0.3, -0.25) is 23.9 Å². The van der Waals surface area contributed by atoms with Crippen molar-refractivity contribution in [3.8, 4) is 16.8 Å². The number of aromatic amines is 1. The molecule has 3 aromatic carbocycles. The van der Waals surface area contributed by atoms with Crippen LogP contribution >= 0.6 is 0 Å². The highest BCUT2D eigenvalue weighted by Gasteiger charge is 2.29. The van der Waals surface area contributed by atoms with E-state index >= 15 is 0 Å². The van der Waals surface area contributed by atoms with E-state index in [0.29, 0.717) is 42.4 Å². The van der Waals surface area contributed by atoms with Gasteiger partial charge in [0, 0.05) is 31.7 Å². The summed E-state index contributed by atoms with van der Waals surface area (Å²) in [4.78, 5) is 70.1. The maximum Gasteiger partial charge on any atom is 0.337 e. The zero-order valence-electron chi connectivity index (χ0n) is 30.0. The highest BCUT2D eigenvalue weighted by Crippen LogP contribution is 2.29. The van der Waals surface area contributed by atoms with Crippen molar-refractivity contribution in [2.75, 3.05) is 33.2 Å². The first-order valence-electron chi connectivity index (χ1n) is 18.5. The molecule has 1 aliphatic heterocycles. The molecule has 0 bridgehead atoms. The summed E-state index contributed by atoms with van der Waals surface area (Å²) in [6.07, 6.45) is 3.86. The van der Waals surface area contributed by atoms with Crippen molar-refractivity contribution in [1.29, 1.82) is 0 Å². The monoisotopic (exact) mass is 728 g/mol. The van der Waals surface area contributed by atoms with Crippen LogP contribution in [0.2, 0.25) is 0 Å². The van der Waals surface area contributed by atoms with Crippen LogP contribution in [0, 0.1) is 5.82 Å². The van der Waals surface area contributed by atoms with Gasteiger partial charge in [0.05, 0.1) is 28.3 Å². The number of carbonyl (C=O) groups excluding carboxylic acids is 1. The smallest absolute Gasteiger partial charge is 0.337 e. The molecule has 0 radical (unpaired) electrons. The highest BCUT2D eigenvalue weighted by atomic mass is 19.1. The van der Waals surface area contributed by atoms with Crippen LogP contribution in [0.25, 0.3) is 38.9 Å². The molecule has 2 aliphatic rings. The second kappa shape index (κ2) is 14.9. The molecule has 276 valence electrons. The van der Waals surface area contributed by atoms with Gasteiger partial charge in [-0.15, -0.1) is 0 Å². The van der Waals surface area contributed by atoms with Crippen LogP contribution in [0.1, 0.15) is 54.2 Å². The van der Waals surface area contributed by atoms with Gasteiger partial charge in [-0.25, -0.2) is 23.7 Å². The van der Waals surface area contributed by atoms with Gasteiger partial charge in [-0.2, -0.15) is 0 Å². The van der Waals surface area contributed by atoms with Gasteiger partial charge >= 0.3 is 5.69 Å². The lowest BCUT2D eigenvalue weighted by atomic mass is 9.90. The third-order valence-electron chi connectivity index (χ3n) is 10.7. The largest absolute Gasteiger partial charge is 0.348 e. The topological polar surface area (TPSA) is 138 Å². The Bertz CT molecular complexity index is 2540. The normalized spacial score (nSPS) is 18.5. The number of para-hydroxylation sites is 2. The second-order valence-electron chi connectivity index (χ2n) is 14.4. The maximum atomic E-state index is 14.6. The molecule has 12 nitrogen and oxygen atoms in total. The van der Waals surface area contributed by atoms with Crippen LogP contribution in [-0.2, 0) is 6.54 Å². The minimum Gasteiger partial charge on any atom is -0.348 e. The Morgan fingerprint density at radius 2 is 1.69 bits per heavy atom. The molecule has 4 heterocycles. The van der Waals surface area contributed by atoms with Crippen LogP contribution in [0.5, 0.6) is 0 Å². The number of aromatic nitrogens is 5. The fraction of sp³-hybridized carbons (Fsp3) is 0.317. The lowest BCUT2D eigenvalue weighted by Gasteiger charge is -2.30. The van der Waals surface area contributed by atoms with E-state index in [9.17, 15) is 23.6 Å². The molecule has 1 amide bonds. The first-order valence-corrected chi connectivity index (χ1v) is 18.5. The Kier molecular flexibility index (Phi) is 9.74. The quantitative estimate of drug-likeness (QED) is 0.243. The van der Waals surface area contributed by atoms with Crippen molar-refractivity contribution in [3.05, 3.63) is 133 Å². The number of likely N-dealkylation sites (N-methyl/N-ethyl adjacent to an activating group) is 1. The van der Waals surface area contributed by atoms with Gasteiger partial charge in [0.2, 0.25) is 0 Å². The lowest BCUT2D eigenvalue weighted by Crippen LogP contribution is -2.45. The number of hydrogen-bond donors (Lipinski definition) is 2. The van der Waals surface area contributed by atoms with Crippen molar-refractivity contribution < 1.29 is 9.18 Å². The van der Waals surface area contributed by atoms with Gasteiger partial charge in [0.15, 0.2) is 11.3 Å². The molecule has 0 unspecified atom stereocenters. The number of amides is 1. The Hall–Kier alpha value is -5.79. The number of benzene rings is 3. The van der Waals surface area contributed by atoms with Gasteiger partial charge in [0.1, 0.15) is 5.82 Å². The van der Waals surface area contributed by atoms with Crippen LogP contribution in [0.15, 0.2) is 99.4 Å². The number of halogens is 1. The number of carbonyl (C=O) groups is 1. The summed E-state index contributed by atoms with van der Waals surface area (Å²) >= 11 is 0. The summed E-state index contributed by atoms with van der Waals surface area (Å²) in [7, 11) is 2.16. The summed E-state index contributed by atoms with van der Waals surface area (Å²) in [5.41, 5.74) is 2.71. The number of H-pyrrole nitrogens is 1. The van der Waals surface area contributed by atoms with Crippen molar-refractivity contribution in [3.63, 3.8) is 0 Å². The molecule has 1 saturated heterocycles. The Morgan fingerprint density at radius 1 is 0.889 bits per heavy atom. The molecule has 54 heavy (non-hydrogen) atoms. The molecule has 0 spiro atoms. The molecule has 2 N–H and O–H groups in total. The van der Waals surface area contributed by atoms with E-state index in [4.69, 9.17) is 0 Å². The number of nitrogens with one attached hydrogen (secondary N) is 2. The van der Waals surface area contributed by atoms with Crippen molar-refractivity contribution in [1.82, 2.24) is 39.2 Å². The van der Waals surface area contributed by atoms with E-state index in [1.165, 1.54) is 14.7 Å². The number of pyridine rings is 1. The first-order chi connectivity index (χ1) is 26.2. The SMILES string of the molecule is CN1CCCN(Cc2ccc(-c3cccc(-n4c(=O)n([C@H]5CC[C@@H](NC(=O)c6nc7ccccc7[nH]c6=O)CC5)c(=O)c5cc(F)cnc54)c3)cc2)CC1. The first kappa shape index (κ1) is 35.3. The zero-order chi connectivity index (χ0) is 37.3. The van der Waals surface area contributed by atoms with E-state index in [0.717, 1.165) is 62.5 Å². The fourth-order valence-corrected chi connectivity index (χ4v) is 7.80. The number of fused-ring (bicyclic) bond motifs is 2. The molecule has 2 fully saturated rings. The molecule has 1 aliphatic carbocycles. The Morgan fingerprint density at radius 3 is 2.50 bits per heavy atom. The van der Waals surface area contributed by atoms with Crippen LogP contribution in [0.3, 0.4) is 0 Å². The second-order valence-corrected chi connectivity index (χ2v) is 14.4. The fourth-order valence-electron chi connectivity index (χ4n) is 7.80. The van der Waals surface area contributed by atoms with Gasteiger partial charge in [-0.1, -0.05) is 48.5 Å². The molecule has 0 atom stereocenters. The minimum atomic E-state index is -0.680.